The number of rotatable bonds is 2. The first-order valence-electron chi connectivity index (χ1n) is 7.61. The van der Waals surface area contributed by atoms with Gasteiger partial charge in [-0.15, -0.1) is 5.10 Å². The predicted octanol–water partition coefficient (Wildman–Crippen LogP) is 3.91. The van der Waals surface area contributed by atoms with Crippen molar-refractivity contribution in [1.29, 1.82) is 0 Å². The first kappa shape index (κ1) is 15.5. The van der Waals surface area contributed by atoms with Gasteiger partial charge >= 0.3 is 5.97 Å². The minimum absolute atomic E-state index is 0.0324. The second-order valence-electron chi connectivity index (χ2n) is 5.85. The third-order valence-corrected chi connectivity index (χ3v) is 4.28. The van der Waals surface area contributed by atoms with Crippen molar-refractivity contribution in [2.24, 2.45) is 0 Å². The summed E-state index contributed by atoms with van der Waals surface area (Å²) in [6.07, 6.45) is 0. The van der Waals surface area contributed by atoms with Gasteiger partial charge in [-0.05, 0) is 43.7 Å². The van der Waals surface area contributed by atoms with E-state index >= 15 is 0 Å². The summed E-state index contributed by atoms with van der Waals surface area (Å²) >= 11 is 5.94. The van der Waals surface area contributed by atoms with E-state index in [1.807, 2.05) is 19.9 Å². The van der Waals surface area contributed by atoms with Gasteiger partial charge in [-0.3, -0.25) is 0 Å². The van der Waals surface area contributed by atoms with Crippen molar-refractivity contribution >= 4 is 34.3 Å². The van der Waals surface area contributed by atoms with Crippen LogP contribution in [-0.2, 0) is 0 Å². The van der Waals surface area contributed by atoms with Gasteiger partial charge in [0, 0.05) is 16.3 Å². The van der Waals surface area contributed by atoms with Crippen LogP contribution in [0.4, 0.5) is 0 Å². The van der Waals surface area contributed by atoms with Crippen LogP contribution in [0.25, 0.3) is 27.9 Å². The quantitative estimate of drug-likeness (QED) is 0.591. The van der Waals surface area contributed by atoms with Crippen LogP contribution in [0.15, 0.2) is 36.4 Å². The summed E-state index contributed by atoms with van der Waals surface area (Å²) in [7, 11) is 0. The number of benzene rings is 1. The van der Waals surface area contributed by atoms with Gasteiger partial charge < -0.3 is 5.11 Å². The van der Waals surface area contributed by atoms with E-state index in [2.05, 4.69) is 15.1 Å². The third kappa shape index (κ3) is 2.51. The van der Waals surface area contributed by atoms with Crippen LogP contribution in [0.2, 0.25) is 5.02 Å². The van der Waals surface area contributed by atoms with Crippen molar-refractivity contribution in [2.45, 2.75) is 13.8 Å². The number of nitrogens with zero attached hydrogens (tertiary/aromatic N) is 4. The van der Waals surface area contributed by atoms with Gasteiger partial charge in [-0.2, -0.15) is 0 Å². The Morgan fingerprint density at radius 2 is 1.84 bits per heavy atom. The Kier molecular flexibility index (Phi) is 3.43. The zero-order valence-electron chi connectivity index (χ0n) is 13.5. The minimum atomic E-state index is -1.08. The number of aromatic nitrogens is 4. The van der Waals surface area contributed by atoms with Gasteiger partial charge in [0.15, 0.2) is 17.0 Å². The Labute approximate surface area is 147 Å². The molecule has 0 aliphatic heterocycles. The standard InChI is InChI=1S/C18H13ClN4O2/c1-9-7-10(2)20-16-15(9)17-21-13(11-3-5-12(19)6-4-11)8-14(18(24)25)23(17)22-16/h3-8H,1-2H3,(H,24,25). The molecule has 0 spiro atoms. The summed E-state index contributed by atoms with van der Waals surface area (Å²) in [5, 5.41) is 15.3. The van der Waals surface area contributed by atoms with E-state index < -0.39 is 5.97 Å². The van der Waals surface area contributed by atoms with E-state index in [0.29, 0.717) is 22.0 Å². The SMILES string of the molecule is Cc1cc(C)c2c(n1)nn1c(C(=O)O)cc(-c3ccc(Cl)cc3)nc21. The number of hydrogen-bond acceptors (Lipinski definition) is 4. The van der Waals surface area contributed by atoms with Gasteiger partial charge in [-0.1, -0.05) is 23.7 Å². The molecule has 3 aromatic heterocycles. The van der Waals surface area contributed by atoms with Crippen LogP contribution in [0.1, 0.15) is 21.7 Å². The summed E-state index contributed by atoms with van der Waals surface area (Å²) in [5.74, 6) is -1.08. The molecule has 4 rings (SSSR count). The van der Waals surface area contributed by atoms with Gasteiger partial charge in [0.25, 0.3) is 0 Å². The fourth-order valence-electron chi connectivity index (χ4n) is 2.94. The Hall–Kier alpha value is -2.99. The number of pyridine rings is 1. The van der Waals surface area contributed by atoms with E-state index in [-0.39, 0.29) is 5.69 Å². The zero-order valence-corrected chi connectivity index (χ0v) is 14.2. The number of halogens is 1. The molecule has 0 aliphatic rings. The molecule has 0 amide bonds. The number of aromatic carboxylic acids is 1. The lowest BCUT2D eigenvalue weighted by molar-refractivity contribution is 0.0687. The number of carboxylic acid groups (broad SMARTS) is 1. The predicted molar refractivity (Wildman–Crippen MR) is 95.2 cm³/mol. The number of carbonyl (C=O) groups is 1. The van der Waals surface area contributed by atoms with Crippen LogP contribution < -0.4 is 0 Å². The molecule has 4 aromatic rings. The molecule has 0 saturated heterocycles. The molecule has 7 heteroatoms. The molecule has 0 atom stereocenters. The Balaban J connectivity index is 2.11. The molecule has 1 N–H and O–H groups in total. The maximum atomic E-state index is 11.8. The maximum absolute atomic E-state index is 11.8. The van der Waals surface area contributed by atoms with E-state index in [0.717, 1.165) is 22.2 Å². The number of fused-ring (bicyclic) bond motifs is 3. The molecule has 25 heavy (non-hydrogen) atoms. The molecule has 1 aromatic carbocycles. The summed E-state index contributed by atoms with van der Waals surface area (Å²) in [4.78, 5) is 20.8. The van der Waals surface area contributed by atoms with Crippen LogP contribution >= 0.6 is 11.6 Å². The largest absolute Gasteiger partial charge is 0.477 e. The van der Waals surface area contributed by atoms with Gasteiger partial charge in [-0.25, -0.2) is 19.3 Å². The van der Waals surface area contributed by atoms with Crippen LogP contribution in [0.3, 0.4) is 0 Å². The first-order valence-corrected chi connectivity index (χ1v) is 7.99. The highest BCUT2D eigenvalue weighted by Crippen LogP contribution is 2.27. The fourth-order valence-corrected chi connectivity index (χ4v) is 3.07. The van der Waals surface area contributed by atoms with Gasteiger partial charge in [0.05, 0.1) is 11.1 Å². The van der Waals surface area contributed by atoms with Crippen LogP contribution in [-0.4, -0.2) is 30.7 Å². The van der Waals surface area contributed by atoms with Crippen molar-refractivity contribution in [3.05, 3.63) is 58.4 Å². The van der Waals surface area contributed by atoms with E-state index in [9.17, 15) is 9.90 Å². The molecule has 0 aliphatic carbocycles. The molecule has 6 nitrogen and oxygen atoms in total. The molecule has 0 radical (unpaired) electrons. The average molecular weight is 353 g/mol. The fraction of sp³-hybridized carbons (Fsp3) is 0.111. The molecule has 0 fully saturated rings. The molecule has 3 heterocycles. The summed E-state index contributed by atoms with van der Waals surface area (Å²) in [6.45, 7) is 3.82. The number of carboxylic acids is 1. The summed E-state index contributed by atoms with van der Waals surface area (Å²) in [5.41, 5.74) is 4.10. The van der Waals surface area contributed by atoms with E-state index in [1.165, 1.54) is 10.6 Å². The zero-order chi connectivity index (χ0) is 17.7. The normalized spacial score (nSPS) is 11.3. The van der Waals surface area contributed by atoms with Crippen molar-refractivity contribution < 1.29 is 9.90 Å². The van der Waals surface area contributed by atoms with Crippen molar-refractivity contribution in [1.82, 2.24) is 19.6 Å². The first-order chi connectivity index (χ1) is 11.9. The Morgan fingerprint density at radius 1 is 1.12 bits per heavy atom. The van der Waals surface area contributed by atoms with Crippen molar-refractivity contribution in [3.8, 4) is 11.3 Å². The minimum Gasteiger partial charge on any atom is -0.477 e. The smallest absolute Gasteiger partial charge is 0.354 e. The number of aryl methyl sites for hydroxylation is 2. The lowest BCUT2D eigenvalue weighted by Crippen LogP contribution is -2.08. The van der Waals surface area contributed by atoms with Gasteiger partial charge in [0.2, 0.25) is 0 Å². The molecule has 0 saturated carbocycles. The summed E-state index contributed by atoms with van der Waals surface area (Å²) < 4.78 is 1.34. The van der Waals surface area contributed by atoms with Crippen LogP contribution in [0, 0.1) is 13.8 Å². The van der Waals surface area contributed by atoms with Crippen LogP contribution in [0.5, 0.6) is 0 Å². The highest BCUT2D eigenvalue weighted by molar-refractivity contribution is 6.30. The average Bonchev–Trinajstić information content (AvgIpc) is 2.92. The second kappa shape index (κ2) is 5.53. The molecule has 0 bridgehead atoms. The lowest BCUT2D eigenvalue weighted by Gasteiger charge is -2.06. The molecule has 124 valence electrons. The highest BCUT2D eigenvalue weighted by Gasteiger charge is 2.19. The Bertz CT molecular complexity index is 1150. The molecule has 0 unspecified atom stereocenters. The van der Waals surface area contributed by atoms with E-state index in [4.69, 9.17) is 11.6 Å². The highest BCUT2D eigenvalue weighted by atomic mass is 35.5. The number of hydrogen-bond donors (Lipinski definition) is 1. The maximum Gasteiger partial charge on any atom is 0.354 e. The molecular formula is C18H13ClN4O2. The second-order valence-corrected chi connectivity index (χ2v) is 6.29. The van der Waals surface area contributed by atoms with Crippen molar-refractivity contribution in [2.75, 3.05) is 0 Å². The van der Waals surface area contributed by atoms with Crippen molar-refractivity contribution in [3.63, 3.8) is 0 Å². The molecular weight excluding hydrogens is 340 g/mol. The van der Waals surface area contributed by atoms with Gasteiger partial charge in [0.1, 0.15) is 0 Å². The lowest BCUT2D eigenvalue weighted by atomic mass is 10.1. The third-order valence-electron chi connectivity index (χ3n) is 4.03. The Morgan fingerprint density at radius 3 is 2.52 bits per heavy atom. The summed E-state index contributed by atoms with van der Waals surface area (Å²) in [6, 6.07) is 10.5. The topological polar surface area (TPSA) is 80.4 Å². The monoisotopic (exact) mass is 352 g/mol. The van der Waals surface area contributed by atoms with E-state index in [1.54, 1.807) is 24.3 Å².